The fourth-order valence-electron chi connectivity index (χ4n) is 4.13. The highest BCUT2D eigenvalue weighted by Crippen LogP contribution is 2.35. The molecule has 0 spiro atoms. The summed E-state index contributed by atoms with van der Waals surface area (Å²) in [5, 5.41) is 21.9. The maximum absolute atomic E-state index is 12.5. The Labute approximate surface area is 207 Å². The summed E-state index contributed by atoms with van der Waals surface area (Å²) in [5.41, 5.74) is 3.68. The molecule has 8 heteroatoms. The Morgan fingerprint density at radius 1 is 1.11 bits per heavy atom. The molecule has 1 aliphatic heterocycles. The summed E-state index contributed by atoms with van der Waals surface area (Å²) in [4.78, 5) is 27.8. The Balaban J connectivity index is 1.85. The Morgan fingerprint density at radius 2 is 1.77 bits per heavy atom. The fourth-order valence-corrected chi connectivity index (χ4v) is 4.13. The molecule has 35 heavy (non-hydrogen) atoms. The van der Waals surface area contributed by atoms with Crippen LogP contribution in [0.3, 0.4) is 0 Å². The van der Waals surface area contributed by atoms with Gasteiger partial charge in [0.25, 0.3) is 0 Å². The van der Waals surface area contributed by atoms with E-state index >= 15 is 0 Å². The van der Waals surface area contributed by atoms with Crippen LogP contribution < -0.4 is 10.2 Å². The zero-order valence-electron chi connectivity index (χ0n) is 20.9. The van der Waals surface area contributed by atoms with Crippen LogP contribution in [-0.2, 0) is 9.53 Å². The Hall–Kier alpha value is -3.73. The molecular weight excluding hydrogens is 444 g/mol. The molecule has 0 bridgehead atoms. The molecule has 0 aliphatic carbocycles. The number of carbonyl (C=O) groups excluding carboxylic acids is 1. The van der Waals surface area contributed by atoms with Crippen molar-refractivity contribution in [1.29, 1.82) is 5.26 Å². The molecule has 0 radical (unpaired) electrons. The van der Waals surface area contributed by atoms with E-state index in [4.69, 9.17) is 10.00 Å². The molecule has 2 aromatic rings. The van der Waals surface area contributed by atoms with E-state index in [0.29, 0.717) is 31.7 Å². The zero-order chi connectivity index (χ0) is 25.6. The number of ether oxygens (including phenoxy) is 1. The third-order valence-electron chi connectivity index (χ3n) is 5.97. The van der Waals surface area contributed by atoms with E-state index in [9.17, 15) is 14.7 Å². The number of nitriles is 1. The van der Waals surface area contributed by atoms with Crippen LogP contribution in [0.15, 0.2) is 42.5 Å². The summed E-state index contributed by atoms with van der Waals surface area (Å²) in [5.74, 6) is -0.909. The third-order valence-corrected chi connectivity index (χ3v) is 5.97. The molecule has 1 heterocycles. The first kappa shape index (κ1) is 25.9. The van der Waals surface area contributed by atoms with E-state index < -0.39 is 11.6 Å². The van der Waals surface area contributed by atoms with Gasteiger partial charge in [-0.3, -0.25) is 4.79 Å². The fraction of sp³-hybridized carbons (Fsp3) is 0.444. The Bertz CT molecular complexity index is 1080. The lowest BCUT2D eigenvalue weighted by Gasteiger charge is -2.37. The Morgan fingerprint density at radius 3 is 2.31 bits per heavy atom. The normalized spacial score (nSPS) is 14.7. The molecule has 1 amide bonds. The van der Waals surface area contributed by atoms with Crippen molar-refractivity contribution in [2.75, 3.05) is 36.4 Å². The highest BCUT2D eigenvalue weighted by molar-refractivity contribution is 5.77. The standard InChI is InChI=1S/C27H34N4O4/c1-5-20(17-25(32)33)21-8-11-24(23(16-21)29-22-9-6-19(18-28)7-10-22)30-12-14-31(15-13-30)26(34)35-27(2,3)4/h6-11,16,20,29H,5,12-15,17H2,1-4H3,(H,32,33). The van der Waals surface area contributed by atoms with Crippen LogP contribution in [0.25, 0.3) is 0 Å². The second-order valence-corrected chi connectivity index (χ2v) is 9.75. The van der Waals surface area contributed by atoms with Crippen molar-refractivity contribution in [1.82, 2.24) is 4.90 Å². The first-order chi connectivity index (χ1) is 16.6. The van der Waals surface area contributed by atoms with E-state index in [0.717, 1.165) is 29.0 Å². The molecule has 8 nitrogen and oxygen atoms in total. The number of hydrogen-bond acceptors (Lipinski definition) is 6. The van der Waals surface area contributed by atoms with Gasteiger partial charge >= 0.3 is 12.1 Å². The monoisotopic (exact) mass is 478 g/mol. The molecule has 2 N–H and O–H groups in total. The average molecular weight is 479 g/mol. The lowest BCUT2D eigenvalue weighted by Crippen LogP contribution is -2.50. The molecule has 1 fully saturated rings. The summed E-state index contributed by atoms with van der Waals surface area (Å²) in [7, 11) is 0. The lowest BCUT2D eigenvalue weighted by molar-refractivity contribution is -0.137. The number of piperazine rings is 1. The average Bonchev–Trinajstić information content (AvgIpc) is 2.82. The van der Waals surface area contributed by atoms with E-state index in [2.05, 4.69) is 16.3 Å². The van der Waals surface area contributed by atoms with Gasteiger partial charge in [-0.15, -0.1) is 0 Å². The number of benzene rings is 2. The van der Waals surface area contributed by atoms with Crippen LogP contribution in [0, 0.1) is 11.3 Å². The van der Waals surface area contributed by atoms with Gasteiger partial charge in [-0.25, -0.2) is 4.79 Å². The van der Waals surface area contributed by atoms with Crippen LogP contribution in [0.2, 0.25) is 0 Å². The number of carboxylic acids is 1. The van der Waals surface area contributed by atoms with E-state index in [1.165, 1.54) is 0 Å². The van der Waals surface area contributed by atoms with Gasteiger partial charge in [0.2, 0.25) is 0 Å². The number of amides is 1. The molecular formula is C27H34N4O4. The minimum atomic E-state index is -0.819. The number of nitrogens with zero attached hydrogens (tertiary/aromatic N) is 3. The summed E-state index contributed by atoms with van der Waals surface area (Å²) in [6, 6.07) is 15.4. The van der Waals surface area contributed by atoms with Crippen LogP contribution in [-0.4, -0.2) is 53.8 Å². The maximum atomic E-state index is 12.5. The van der Waals surface area contributed by atoms with Crippen LogP contribution >= 0.6 is 0 Å². The molecule has 1 unspecified atom stereocenters. The van der Waals surface area contributed by atoms with Gasteiger partial charge in [0.1, 0.15) is 5.60 Å². The second kappa shape index (κ2) is 11.1. The van der Waals surface area contributed by atoms with Gasteiger partial charge in [0, 0.05) is 31.9 Å². The zero-order valence-corrected chi connectivity index (χ0v) is 20.9. The van der Waals surface area contributed by atoms with Crippen LogP contribution in [0.4, 0.5) is 21.9 Å². The van der Waals surface area contributed by atoms with Crippen LogP contribution in [0.5, 0.6) is 0 Å². The molecule has 0 aromatic heterocycles. The number of carbonyl (C=O) groups is 2. The first-order valence-corrected chi connectivity index (χ1v) is 12.0. The van der Waals surface area contributed by atoms with Crippen molar-refractivity contribution in [2.24, 2.45) is 0 Å². The van der Waals surface area contributed by atoms with Crippen molar-refractivity contribution >= 4 is 29.1 Å². The first-order valence-electron chi connectivity index (χ1n) is 12.0. The second-order valence-electron chi connectivity index (χ2n) is 9.75. The smallest absolute Gasteiger partial charge is 0.410 e. The summed E-state index contributed by atoms with van der Waals surface area (Å²) in [6.45, 7) is 9.95. The molecule has 1 atom stereocenters. The highest BCUT2D eigenvalue weighted by atomic mass is 16.6. The van der Waals surface area contributed by atoms with Gasteiger partial charge in [-0.05, 0) is 75.1 Å². The minimum absolute atomic E-state index is 0.0702. The summed E-state index contributed by atoms with van der Waals surface area (Å²) < 4.78 is 5.51. The van der Waals surface area contributed by atoms with E-state index in [1.54, 1.807) is 17.0 Å². The Kier molecular flexibility index (Phi) is 8.23. The quantitative estimate of drug-likeness (QED) is 0.554. The predicted octanol–water partition coefficient (Wildman–Crippen LogP) is 5.33. The number of hydrogen-bond donors (Lipinski definition) is 2. The molecule has 0 saturated carbocycles. The topological polar surface area (TPSA) is 106 Å². The largest absolute Gasteiger partial charge is 0.481 e. The van der Waals surface area contributed by atoms with Crippen molar-refractivity contribution < 1.29 is 19.4 Å². The van der Waals surface area contributed by atoms with E-state index in [1.807, 2.05) is 58.0 Å². The maximum Gasteiger partial charge on any atom is 0.410 e. The number of aliphatic carboxylic acids is 1. The SMILES string of the molecule is CCC(CC(=O)O)c1ccc(N2CCN(C(=O)OC(C)(C)C)CC2)c(Nc2ccc(C#N)cc2)c1. The predicted molar refractivity (Wildman–Crippen MR) is 136 cm³/mol. The minimum Gasteiger partial charge on any atom is -0.481 e. The highest BCUT2D eigenvalue weighted by Gasteiger charge is 2.27. The van der Waals surface area contributed by atoms with Crippen molar-refractivity contribution in [3.63, 3.8) is 0 Å². The van der Waals surface area contributed by atoms with Gasteiger partial charge in [0.05, 0.1) is 29.4 Å². The molecule has 2 aromatic carbocycles. The van der Waals surface area contributed by atoms with E-state index in [-0.39, 0.29) is 18.4 Å². The molecule has 1 saturated heterocycles. The summed E-state index contributed by atoms with van der Waals surface area (Å²) in [6.07, 6.45) is 0.486. The molecule has 186 valence electrons. The molecule has 1 aliphatic rings. The van der Waals surface area contributed by atoms with Gasteiger partial charge < -0.3 is 25.0 Å². The van der Waals surface area contributed by atoms with Crippen molar-refractivity contribution in [3.05, 3.63) is 53.6 Å². The van der Waals surface area contributed by atoms with Gasteiger partial charge in [0.15, 0.2) is 0 Å². The number of anilines is 3. The van der Waals surface area contributed by atoms with Crippen molar-refractivity contribution in [3.8, 4) is 6.07 Å². The third kappa shape index (κ3) is 7.12. The van der Waals surface area contributed by atoms with Gasteiger partial charge in [-0.1, -0.05) is 13.0 Å². The van der Waals surface area contributed by atoms with Gasteiger partial charge in [-0.2, -0.15) is 5.26 Å². The number of carboxylic acid groups (broad SMARTS) is 1. The summed E-state index contributed by atoms with van der Waals surface area (Å²) >= 11 is 0. The van der Waals surface area contributed by atoms with Crippen LogP contribution in [0.1, 0.15) is 57.6 Å². The lowest BCUT2D eigenvalue weighted by atomic mass is 9.92. The number of nitrogens with one attached hydrogen (secondary N) is 1. The molecule has 3 rings (SSSR count). The van der Waals surface area contributed by atoms with Crippen molar-refractivity contribution in [2.45, 2.75) is 52.1 Å². The number of rotatable bonds is 7.